The first-order chi connectivity index (χ1) is 15.5. The minimum Gasteiger partial charge on any atom is -0.854 e. The number of fused-ring (bicyclic) bond motifs is 3. The number of anilines is 1. The number of carbonyl (C=O) groups is 2. The van der Waals surface area contributed by atoms with E-state index >= 15 is 0 Å². The summed E-state index contributed by atoms with van der Waals surface area (Å²) in [7, 11) is 1.32. The molecule has 0 saturated heterocycles. The highest BCUT2D eigenvalue weighted by molar-refractivity contribution is 7.99. The largest absolute Gasteiger partial charge is 0.854 e. The molecule has 0 aliphatic carbocycles. The highest BCUT2D eigenvalue weighted by Gasteiger charge is 2.44. The van der Waals surface area contributed by atoms with Gasteiger partial charge in [-0.15, -0.1) is 0 Å². The SMILES string of the molecule is CCSc1nc([O-])c2[n+](n1)C(c1ccc(C(=O)OC)cc1)N(C(=O)CC)c1ccccc1-2. The second-order valence-electron chi connectivity index (χ2n) is 7.05. The Bertz CT molecular complexity index is 1180. The normalized spacial score (nSPS) is 14.5. The number of rotatable bonds is 5. The fraction of sp³-hybridized carbons (Fsp3) is 0.261. The van der Waals surface area contributed by atoms with Crippen LogP contribution in [-0.2, 0) is 9.53 Å². The minimum atomic E-state index is -0.703. The molecular weight excluding hydrogens is 428 g/mol. The lowest BCUT2D eigenvalue weighted by molar-refractivity contribution is -0.764. The minimum absolute atomic E-state index is 0.117. The van der Waals surface area contributed by atoms with E-state index in [0.717, 1.165) is 0 Å². The van der Waals surface area contributed by atoms with Crippen LogP contribution in [0.2, 0.25) is 0 Å². The number of thioether (sulfide) groups is 1. The second-order valence-corrected chi connectivity index (χ2v) is 8.28. The second kappa shape index (κ2) is 8.96. The molecule has 32 heavy (non-hydrogen) atoms. The molecule has 1 amide bonds. The molecule has 9 heteroatoms. The van der Waals surface area contributed by atoms with Gasteiger partial charge in [-0.05, 0) is 42.2 Å². The van der Waals surface area contributed by atoms with Gasteiger partial charge in [-0.3, -0.25) is 4.79 Å². The van der Waals surface area contributed by atoms with Gasteiger partial charge in [-0.1, -0.05) is 42.4 Å². The maximum Gasteiger partial charge on any atom is 0.337 e. The summed E-state index contributed by atoms with van der Waals surface area (Å²) in [5.41, 5.74) is 2.64. The summed E-state index contributed by atoms with van der Waals surface area (Å²) in [6.07, 6.45) is -0.432. The van der Waals surface area contributed by atoms with Crippen LogP contribution in [0.15, 0.2) is 53.7 Å². The molecule has 1 aliphatic rings. The smallest absolute Gasteiger partial charge is 0.337 e. The fourth-order valence-electron chi connectivity index (χ4n) is 3.77. The van der Waals surface area contributed by atoms with Crippen molar-refractivity contribution in [3.8, 4) is 17.1 Å². The van der Waals surface area contributed by atoms with Crippen molar-refractivity contribution >= 4 is 29.3 Å². The Morgan fingerprint density at radius 1 is 1.16 bits per heavy atom. The quantitative estimate of drug-likeness (QED) is 0.335. The molecule has 1 unspecified atom stereocenters. The third-order valence-electron chi connectivity index (χ3n) is 5.19. The lowest BCUT2D eigenvalue weighted by atomic mass is 10.00. The number of carbonyl (C=O) groups excluding carboxylic acids is 2. The maximum absolute atomic E-state index is 13.2. The van der Waals surface area contributed by atoms with Gasteiger partial charge in [-0.2, -0.15) is 0 Å². The molecule has 4 rings (SSSR count). The van der Waals surface area contributed by atoms with E-state index in [2.05, 4.69) is 10.1 Å². The van der Waals surface area contributed by atoms with Gasteiger partial charge in [0, 0.05) is 17.1 Å². The molecule has 0 bridgehead atoms. The Labute approximate surface area is 189 Å². The van der Waals surface area contributed by atoms with Crippen molar-refractivity contribution < 1.29 is 24.1 Å². The monoisotopic (exact) mass is 450 g/mol. The van der Waals surface area contributed by atoms with Crippen molar-refractivity contribution in [1.29, 1.82) is 0 Å². The third-order valence-corrected chi connectivity index (χ3v) is 5.91. The number of amides is 1. The molecule has 1 aliphatic heterocycles. The first-order valence-electron chi connectivity index (χ1n) is 10.2. The van der Waals surface area contributed by atoms with E-state index in [1.807, 2.05) is 25.1 Å². The van der Waals surface area contributed by atoms with Crippen LogP contribution in [0.5, 0.6) is 5.88 Å². The van der Waals surface area contributed by atoms with Crippen LogP contribution in [0.3, 0.4) is 0 Å². The zero-order valence-corrected chi connectivity index (χ0v) is 18.8. The zero-order valence-electron chi connectivity index (χ0n) is 17.9. The Kier molecular flexibility index (Phi) is 6.09. The predicted octanol–water partition coefficient (Wildman–Crippen LogP) is 2.71. The Morgan fingerprint density at radius 2 is 1.88 bits per heavy atom. The van der Waals surface area contributed by atoms with Crippen molar-refractivity contribution in [2.24, 2.45) is 0 Å². The van der Waals surface area contributed by atoms with Gasteiger partial charge < -0.3 is 9.84 Å². The van der Waals surface area contributed by atoms with Crippen LogP contribution >= 0.6 is 11.8 Å². The number of para-hydroxylation sites is 1. The summed E-state index contributed by atoms with van der Waals surface area (Å²) >= 11 is 1.36. The average Bonchev–Trinajstić information content (AvgIpc) is 2.82. The first-order valence-corrected chi connectivity index (χ1v) is 11.2. The van der Waals surface area contributed by atoms with E-state index in [4.69, 9.17) is 4.74 Å². The molecule has 1 aromatic heterocycles. The molecule has 8 nitrogen and oxygen atoms in total. The van der Waals surface area contributed by atoms with Crippen molar-refractivity contribution in [2.45, 2.75) is 31.6 Å². The van der Waals surface area contributed by atoms with E-state index in [1.165, 1.54) is 18.9 Å². The van der Waals surface area contributed by atoms with Gasteiger partial charge in [0.2, 0.25) is 5.91 Å². The number of benzene rings is 2. The third kappa shape index (κ3) is 3.69. The van der Waals surface area contributed by atoms with Crippen molar-refractivity contribution in [2.75, 3.05) is 17.8 Å². The predicted molar refractivity (Wildman–Crippen MR) is 117 cm³/mol. The summed E-state index contributed by atoms with van der Waals surface area (Å²) in [6.45, 7) is 3.74. The zero-order chi connectivity index (χ0) is 22.8. The number of nitrogens with zero attached hydrogens (tertiary/aromatic N) is 4. The van der Waals surface area contributed by atoms with Gasteiger partial charge in [0.15, 0.2) is 0 Å². The van der Waals surface area contributed by atoms with Crippen molar-refractivity contribution in [1.82, 2.24) is 10.1 Å². The van der Waals surface area contributed by atoms with E-state index in [0.29, 0.717) is 39.0 Å². The summed E-state index contributed by atoms with van der Waals surface area (Å²) in [5.74, 6) is -0.270. The van der Waals surface area contributed by atoms with E-state index in [1.54, 1.807) is 46.8 Å². The van der Waals surface area contributed by atoms with Gasteiger partial charge in [-0.25, -0.2) is 14.7 Å². The molecule has 0 radical (unpaired) electrons. The van der Waals surface area contributed by atoms with E-state index < -0.39 is 18.0 Å². The molecule has 0 saturated carbocycles. The number of hydrogen-bond acceptors (Lipinski definition) is 7. The Balaban J connectivity index is 1.98. The summed E-state index contributed by atoms with van der Waals surface area (Å²) in [4.78, 5) is 30.8. The van der Waals surface area contributed by atoms with E-state index in [-0.39, 0.29) is 12.3 Å². The molecule has 0 spiro atoms. The molecule has 0 fully saturated rings. The van der Waals surface area contributed by atoms with Crippen molar-refractivity contribution in [3.05, 3.63) is 59.7 Å². The van der Waals surface area contributed by atoms with Gasteiger partial charge in [0.25, 0.3) is 17.0 Å². The van der Waals surface area contributed by atoms with Gasteiger partial charge in [0.05, 0.1) is 29.8 Å². The van der Waals surface area contributed by atoms with Crippen LogP contribution in [0, 0.1) is 0 Å². The van der Waals surface area contributed by atoms with Crippen LogP contribution < -0.4 is 14.7 Å². The number of aromatic nitrogens is 3. The van der Waals surface area contributed by atoms with Gasteiger partial charge >= 0.3 is 5.97 Å². The van der Waals surface area contributed by atoms with Crippen LogP contribution in [0.1, 0.15) is 42.4 Å². The lowest BCUT2D eigenvalue weighted by Crippen LogP contribution is -2.59. The van der Waals surface area contributed by atoms with Crippen LogP contribution in [0.25, 0.3) is 11.3 Å². The first kappa shape index (κ1) is 21.8. The Hall–Kier alpha value is -3.46. The standard InChI is InChI=1S/C23H22N4O4S/c1-4-18(28)26-17-9-7-6-8-16(17)19-20(29)24-23(32-5-2)25-27(19)21(26)14-10-12-15(13-11-14)22(30)31-3/h6-13,21H,4-5H2,1-3H3. The number of ether oxygens (including phenoxy) is 1. The molecule has 3 aromatic rings. The summed E-state index contributed by atoms with van der Waals surface area (Å²) in [6, 6.07) is 14.0. The maximum atomic E-state index is 13.2. The summed E-state index contributed by atoms with van der Waals surface area (Å²) in [5, 5.41) is 18.1. The van der Waals surface area contributed by atoms with Crippen LogP contribution in [0.4, 0.5) is 5.69 Å². The number of esters is 1. The van der Waals surface area contributed by atoms with E-state index in [9.17, 15) is 14.7 Å². The highest BCUT2D eigenvalue weighted by atomic mass is 32.2. The number of hydrogen-bond donors (Lipinski definition) is 0. The fourth-order valence-corrected chi connectivity index (χ4v) is 4.33. The Morgan fingerprint density at radius 3 is 2.53 bits per heavy atom. The molecule has 0 N–H and O–H groups in total. The molecular formula is C23H22N4O4S. The van der Waals surface area contributed by atoms with Crippen LogP contribution in [-0.4, -0.2) is 34.8 Å². The van der Waals surface area contributed by atoms with Gasteiger partial charge in [0.1, 0.15) is 0 Å². The molecule has 1 atom stereocenters. The average molecular weight is 451 g/mol. The van der Waals surface area contributed by atoms with Crippen molar-refractivity contribution in [3.63, 3.8) is 0 Å². The highest BCUT2D eigenvalue weighted by Crippen LogP contribution is 2.41. The summed E-state index contributed by atoms with van der Waals surface area (Å²) < 4.78 is 6.37. The molecule has 2 aromatic carbocycles. The molecule has 2 heterocycles. The molecule has 164 valence electrons. The lowest BCUT2D eigenvalue weighted by Gasteiger charge is -2.33. The topological polar surface area (TPSA) is 99.3 Å². The number of methoxy groups -OCH3 is 1.